The lowest BCUT2D eigenvalue weighted by atomic mass is 10.3. The Morgan fingerprint density at radius 3 is 2.60 bits per heavy atom. The topological polar surface area (TPSA) is 71.8 Å². The van der Waals surface area contributed by atoms with Gasteiger partial charge in [0, 0.05) is 18.4 Å². The molecule has 2 heterocycles. The predicted octanol–water partition coefficient (Wildman–Crippen LogP) is 2.34. The Balaban J connectivity index is 0.00000156. The monoisotopic (exact) mass is 385 g/mol. The van der Waals surface area contributed by atoms with Crippen LogP contribution in [0, 0.1) is 19.8 Å². The summed E-state index contributed by atoms with van der Waals surface area (Å²) < 4.78 is 1.82. The van der Waals surface area contributed by atoms with Crippen molar-refractivity contribution in [3.8, 4) is 5.82 Å². The van der Waals surface area contributed by atoms with Crippen LogP contribution >= 0.6 is 24.8 Å². The Bertz CT molecular complexity index is 683. The molecule has 2 N–H and O–H groups in total. The molecule has 0 bridgehead atoms. The first-order valence-electron chi connectivity index (χ1n) is 8.08. The molecular weight excluding hydrogens is 361 g/mol. The van der Waals surface area contributed by atoms with E-state index >= 15 is 0 Å². The van der Waals surface area contributed by atoms with E-state index in [1.807, 2.05) is 36.7 Å². The lowest BCUT2D eigenvalue weighted by Crippen LogP contribution is -2.34. The predicted molar refractivity (Wildman–Crippen MR) is 103 cm³/mol. The molecular formula is C17H25Cl2N5O. The number of aryl methyl sites for hydroxylation is 2. The Morgan fingerprint density at radius 1 is 1.28 bits per heavy atom. The Hall–Kier alpha value is -1.63. The van der Waals surface area contributed by atoms with E-state index in [4.69, 9.17) is 0 Å². The van der Waals surface area contributed by atoms with Crippen LogP contribution in [0.15, 0.2) is 24.4 Å². The number of halogens is 2. The van der Waals surface area contributed by atoms with Gasteiger partial charge in [-0.25, -0.2) is 9.67 Å². The fourth-order valence-electron chi connectivity index (χ4n) is 2.48. The van der Waals surface area contributed by atoms with Crippen LogP contribution < -0.4 is 10.6 Å². The third-order valence-corrected chi connectivity index (χ3v) is 3.94. The lowest BCUT2D eigenvalue weighted by Gasteiger charge is -2.08. The van der Waals surface area contributed by atoms with Gasteiger partial charge in [-0.3, -0.25) is 4.79 Å². The number of nitrogens with zero attached hydrogens (tertiary/aromatic N) is 3. The molecule has 0 aliphatic heterocycles. The van der Waals surface area contributed by atoms with E-state index < -0.39 is 0 Å². The van der Waals surface area contributed by atoms with Gasteiger partial charge in [0.1, 0.15) is 0 Å². The molecule has 2 aromatic rings. The van der Waals surface area contributed by atoms with E-state index in [1.54, 1.807) is 6.20 Å². The first-order valence-corrected chi connectivity index (χ1v) is 8.08. The van der Waals surface area contributed by atoms with E-state index in [9.17, 15) is 4.79 Å². The number of nitrogens with one attached hydrogen (secondary N) is 2. The average molecular weight is 386 g/mol. The Morgan fingerprint density at radius 2 is 2.04 bits per heavy atom. The zero-order valence-electron chi connectivity index (χ0n) is 14.5. The largest absolute Gasteiger partial charge is 0.351 e. The second-order valence-corrected chi connectivity index (χ2v) is 6.21. The average Bonchev–Trinajstić information content (AvgIpc) is 3.29. The maximum absolute atomic E-state index is 11.7. The molecule has 0 atom stereocenters. The minimum atomic E-state index is 0. The highest BCUT2D eigenvalue weighted by Crippen LogP contribution is 2.27. The van der Waals surface area contributed by atoms with Crippen LogP contribution in [0.1, 0.15) is 29.8 Å². The van der Waals surface area contributed by atoms with Crippen molar-refractivity contribution in [3.05, 3.63) is 41.3 Å². The van der Waals surface area contributed by atoms with Gasteiger partial charge in [0.2, 0.25) is 5.91 Å². The van der Waals surface area contributed by atoms with E-state index in [0.717, 1.165) is 35.2 Å². The summed E-state index contributed by atoms with van der Waals surface area (Å²) >= 11 is 0. The van der Waals surface area contributed by atoms with Crippen LogP contribution in [0.5, 0.6) is 0 Å². The summed E-state index contributed by atoms with van der Waals surface area (Å²) in [5.41, 5.74) is 3.00. The fourth-order valence-corrected chi connectivity index (χ4v) is 2.48. The number of hydrogen-bond donors (Lipinski definition) is 2. The number of pyridine rings is 1. The number of hydrogen-bond acceptors (Lipinski definition) is 4. The summed E-state index contributed by atoms with van der Waals surface area (Å²) in [5.74, 6) is 1.60. The summed E-state index contributed by atoms with van der Waals surface area (Å²) in [6.45, 7) is 5.80. The summed E-state index contributed by atoms with van der Waals surface area (Å²) in [5, 5.41) is 10.5. The summed E-state index contributed by atoms with van der Waals surface area (Å²) in [4.78, 5) is 16.2. The first kappa shape index (κ1) is 21.4. The summed E-state index contributed by atoms with van der Waals surface area (Å²) in [7, 11) is 0. The second-order valence-electron chi connectivity index (χ2n) is 6.21. The third-order valence-electron chi connectivity index (χ3n) is 3.94. The maximum atomic E-state index is 11.7. The van der Waals surface area contributed by atoms with Gasteiger partial charge in [0.05, 0.1) is 12.2 Å². The van der Waals surface area contributed by atoms with Crippen LogP contribution in [0.25, 0.3) is 5.82 Å². The van der Waals surface area contributed by atoms with Gasteiger partial charge in [0.15, 0.2) is 5.82 Å². The van der Waals surface area contributed by atoms with E-state index in [-0.39, 0.29) is 30.7 Å². The SMILES string of the molecule is Cc1cc(C)n(-c2ccc(CNC(=O)CNCC3CC3)cn2)n1.Cl.Cl. The minimum absolute atomic E-state index is 0. The van der Waals surface area contributed by atoms with Crippen molar-refractivity contribution in [2.45, 2.75) is 33.2 Å². The highest BCUT2D eigenvalue weighted by molar-refractivity contribution is 5.85. The number of carbonyl (C=O) groups excluding carboxylic acids is 1. The van der Waals surface area contributed by atoms with Crippen molar-refractivity contribution in [2.24, 2.45) is 5.92 Å². The molecule has 1 fully saturated rings. The zero-order chi connectivity index (χ0) is 16.2. The highest BCUT2D eigenvalue weighted by atomic mass is 35.5. The lowest BCUT2D eigenvalue weighted by molar-refractivity contribution is -0.120. The van der Waals surface area contributed by atoms with Gasteiger partial charge < -0.3 is 10.6 Å². The molecule has 0 saturated heterocycles. The van der Waals surface area contributed by atoms with Crippen molar-refractivity contribution >= 4 is 30.7 Å². The molecule has 1 saturated carbocycles. The number of amides is 1. The van der Waals surface area contributed by atoms with Gasteiger partial charge in [-0.05, 0) is 56.8 Å². The van der Waals surface area contributed by atoms with Crippen LogP contribution in [0.2, 0.25) is 0 Å². The fraction of sp³-hybridized carbons (Fsp3) is 0.471. The Labute approximate surface area is 160 Å². The normalized spacial score (nSPS) is 12.9. The molecule has 1 aliphatic carbocycles. The van der Waals surface area contributed by atoms with Crippen LogP contribution in [-0.4, -0.2) is 33.8 Å². The second kappa shape index (κ2) is 9.75. The third kappa shape index (κ3) is 6.30. The van der Waals surface area contributed by atoms with E-state index in [0.29, 0.717) is 13.1 Å². The molecule has 1 amide bonds. The van der Waals surface area contributed by atoms with Crippen molar-refractivity contribution in [1.82, 2.24) is 25.4 Å². The standard InChI is InChI=1S/C17H23N5O.2ClH/c1-12-7-13(2)22(21-12)16-6-5-15(9-19-16)10-20-17(23)11-18-8-14-3-4-14;;/h5-7,9,14,18H,3-4,8,10-11H2,1-2H3,(H,20,23);2*1H. The molecule has 0 spiro atoms. The summed E-state index contributed by atoms with van der Waals surface area (Å²) in [6, 6.07) is 5.91. The molecule has 25 heavy (non-hydrogen) atoms. The molecule has 0 radical (unpaired) electrons. The van der Waals surface area contributed by atoms with Crippen LogP contribution in [0.3, 0.4) is 0 Å². The molecule has 6 nitrogen and oxygen atoms in total. The zero-order valence-corrected chi connectivity index (χ0v) is 16.1. The smallest absolute Gasteiger partial charge is 0.234 e. The van der Waals surface area contributed by atoms with Crippen molar-refractivity contribution in [3.63, 3.8) is 0 Å². The van der Waals surface area contributed by atoms with Gasteiger partial charge in [-0.15, -0.1) is 24.8 Å². The highest BCUT2D eigenvalue weighted by Gasteiger charge is 2.20. The molecule has 3 rings (SSSR count). The summed E-state index contributed by atoms with van der Waals surface area (Å²) in [6.07, 6.45) is 4.37. The maximum Gasteiger partial charge on any atom is 0.234 e. The van der Waals surface area contributed by atoms with Crippen molar-refractivity contribution in [1.29, 1.82) is 0 Å². The van der Waals surface area contributed by atoms with Gasteiger partial charge in [0.25, 0.3) is 0 Å². The first-order chi connectivity index (χ1) is 11.1. The van der Waals surface area contributed by atoms with E-state index in [2.05, 4.69) is 20.7 Å². The van der Waals surface area contributed by atoms with Gasteiger partial charge in [-0.1, -0.05) is 6.07 Å². The number of aromatic nitrogens is 3. The van der Waals surface area contributed by atoms with Gasteiger partial charge in [-0.2, -0.15) is 5.10 Å². The molecule has 2 aromatic heterocycles. The quantitative estimate of drug-likeness (QED) is 0.766. The minimum Gasteiger partial charge on any atom is -0.351 e. The Kier molecular flexibility index (Phi) is 8.35. The van der Waals surface area contributed by atoms with E-state index in [1.165, 1.54) is 12.8 Å². The molecule has 138 valence electrons. The molecule has 8 heteroatoms. The number of rotatable bonds is 7. The molecule has 0 aromatic carbocycles. The number of carbonyl (C=O) groups is 1. The molecule has 1 aliphatic rings. The van der Waals surface area contributed by atoms with Crippen LogP contribution in [-0.2, 0) is 11.3 Å². The van der Waals surface area contributed by atoms with Gasteiger partial charge >= 0.3 is 0 Å². The van der Waals surface area contributed by atoms with Crippen LogP contribution in [0.4, 0.5) is 0 Å². The molecule has 0 unspecified atom stereocenters. The van der Waals surface area contributed by atoms with Crippen molar-refractivity contribution < 1.29 is 4.79 Å². The van der Waals surface area contributed by atoms with Crippen molar-refractivity contribution in [2.75, 3.05) is 13.1 Å².